The predicted octanol–water partition coefficient (Wildman–Crippen LogP) is 2.44. The third-order valence-corrected chi connectivity index (χ3v) is 3.27. The van der Waals surface area contributed by atoms with E-state index in [-0.39, 0.29) is 5.25 Å². The van der Waals surface area contributed by atoms with E-state index >= 15 is 0 Å². The van der Waals surface area contributed by atoms with Crippen LogP contribution in [-0.4, -0.2) is 16.5 Å². The van der Waals surface area contributed by atoms with E-state index in [9.17, 15) is 5.11 Å². The lowest BCUT2D eigenvalue weighted by atomic mass is 10.2. The molecule has 0 saturated carbocycles. The van der Waals surface area contributed by atoms with Gasteiger partial charge in [-0.05, 0) is 19.1 Å². The van der Waals surface area contributed by atoms with E-state index in [0.717, 1.165) is 4.90 Å². The first-order valence-corrected chi connectivity index (χ1v) is 5.38. The molecule has 2 nitrogen and oxygen atoms in total. The number of nitrogens with zero attached hydrogens (tertiary/aromatic N) is 1. The smallest absolute Gasteiger partial charge is 0.0644 e. The Morgan fingerprint density at radius 3 is 2.57 bits per heavy atom. The molecule has 1 N–H and O–H groups in total. The summed E-state index contributed by atoms with van der Waals surface area (Å²) in [6, 6.07) is 11.9. The first kappa shape index (κ1) is 11.1. The summed E-state index contributed by atoms with van der Waals surface area (Å²) < 4.78 is 0. The lowest BCUT2D eigenvalue weighted by Gasteiger charge is -2.15. The summed E-state index contributed by atoms with van der Waals surface area (Å²) in [7, 11) is 0. The van der Waals surface area contributed by atoms with Crippen molar-refractivity contribution in [2.45, 2.75) is 29.6 Å². The Morgan fingerprint density at radius 2 is 2.07 bits per heavy atom. The highest BCUT2D eigenvalue weighted by molar-refractivity contribution is 8.00. The summed E-state index contributed by atoms with van der Waals surface area (Å²) in [5.74, 6) is 0. The topological polar surface area (TPSA) is 44.0 Å². The highest BCUT2D eigenvalue weighted by atomic mass is 32.2. The lowest BCUT2D eigenvalue weighted by molar-refractivity contribution is 0.192. The SMILES string of the molecule is CC(O)C(CC#N)Sc1ccccc1. The number of nitriles is 1. The van der Waals surface area contributed by atoms with Gasteiger partial charge in [0.2, 0.25) is 0 Å². The molecular weight excluding hydrogens is 194 g/mol. The molecule has 0 aliphatic rings. The summed E-state index contributed by atoms with van der Waals surface area (Å²) >= 11 is 1.55. The summed E-state index contributed by atoms with van der Waals surface area (Å²) in [5, 5.41) is 18.0. The van der Waals surface area contributed by atoms with Crippen molar-refractivity contribution in [3.8, 4) is 6.07 Å². The van der Waals surface area contributed by atoms with Crippen LogP contribution in [0, 0.1) is 11.3 Å². The average molecular weight is 207 g/mol. The van der Waals surface area contributed by atoms with Gasteiger partial charge in [0.05, 0.1) is 12.2 Å². The molecule has 2 unspecified atom stereocenters. The summed E-state index contributed by atoms with van der Waals surface area (Å²) in [6.07, 6.45) is -0.0862. The van der Waals surface area contributed by atoms with E-state index in [1.54, 1.807) is 18.7 Å². The van der Waals surface area contributed by atoms with Crippen LogP contribution in [-0.2, 0) is 0 Å². The Labute approximate surface area is 88.6 Å². The minimum absolute atomic E-state index is 0.0394. The van der Waals surface area contributed by atoms with E-state index in [2.05, 4.69) is 6.07 Å². The van der Waals surface area contributed by atoms with E-state index in [1.165, 1.54) is 0 Å². The fourth-order valence-electron chi connectivity index (χ4n) is 1.07. The molecular formula is C11H13NOS. The van der Waals surface area contributed by atoms with Crippen LogP contribution >= 0.6 is 11.8 Å². The quantitative estimate of drug-likeness (QED) is 0.771. The molecule has 14 heavy (non-hydrogen) atoms. The van der Waals surface area contributed by atoms with E-state index in [1.807, 2.05) is 30.3 Å². The first-order chi connectivity index (χ1) is 6.74. The van der Waals surface area contributed by atoms with Crippen molar-refractivity contribution in [3.05, 3.63) is 30.3 Å². The molecule has 0 spiro atoms. The minimum atomic E-state index is -0.458. The molecule has 0 aromatic heterocycles. The Morgan fingerprint density at radius 1 is 1.43 bits per heavy atom. The number of thioether (sulfide) groups is 1. The zero-order valence-corrected chi connectivity index (χ0v) is 8.87. The normalized spacial score (nSPS) is 14.4. The summed E-state index contributed by atoms with van der Waals surface area (Å²) in [4.78, 5) is 1.09. The van der Waals surface area contributed by atoms with E-state index in [0.29, 0.717) is 6.42 Å². The van der Waals surface area contributed by atoms with Crippen LogP contribution in [0.25, 0.3) is 0 Å². The monoisotopic (exact) mass is 207 g/mol. The molecule has 2 atom stereocenters. The standard InChI is InChI=1S/C11H13NOS/c1-9(13)11(7-8-12)14-10-5-3-2-4-6-10/h2-6,9,11,13H,7H2,1H3. The van der Waals surface area contributed by atoms with Crippen molar-refractivity contribution in [3.63, 3.8) is 0 Å². The van der Waals surface area contributed by atoms with Gasteiger partial charge < -0.3 is 5.11 Å². The molecule has 0 aliphatic carbocycles. The second-order valence-corrected chi connectivity index (χ2v) is 4.38. The van der Waals surface area contributed by atoms with Crippen molar-refractivity contribution in [1.29, 1.82) is 5.26 Å². The maximum absolute atomic E-state index is 9.43. The first-order valence-electron chi connectivity index (χ1n) is 4.50. The average Bonchev–Trinajstić information content (AvgIpc) is 2.18. The molecule has 1 aromatic rings. The Hall–Kier alpha value is -0.980. The van der Waals surface area contributed by atoms with Gasteiger partial charge >= 0.3 is 0 Å². The number of hydrogen-bond donors (Lipinski definition) is 1. The summed E-state index contributed by atoms with van der Waals surface area (Å²) in [6.45, 7) is 1.72. The lowest BCUT2D eigenvalue weighted by Crippen LogP contribution is -2.18. The van der Waals surface area contributed by atoms with Crippen LogP contribution in [0.2, 0.25) is 0 Å². The van der Waals surface area contributed by atoms with Gasteiger partial charge in [-0.25, -0.2) is 0 Å². The molecule has 0 heterocycles. The van der Waals surface area contributed by atoms with Crippen LogP contribution in [0.5, 0.6) is 0 Å². The van der Waals surface area contributed by atoms with Crippen molar-refractivity contribution < 1.29 is 5.11 Å². The molecule has 3 heteroatoms. The van der Waals surface area contributed by atoms with Crippen molar-refractivity contribution >= 4 is 11.8 Å². The molecule has 0 aliphatic heterocycles. The van der Waals surface area contributed by atoms with Gasteiger partial charge in [0, 0.05) is 16.6 Å². The predicted molar refractivity (Wildman–Crippen MR) is 58.0 cm³/mol. The van der Waals surface area contributed by atoms with Crippen LogP contribution in [0.1, 0.15) is 13.3 Å². The summed E-state index contributed by atoms with van der Waals surface area (Å²) in [5.41, 5.74) is 0. The van der Waals surface area contributed by atoms with Gasteiger partial charge in [0.25, 0.3) is 0 Å². The van der Waals surface area contributed by atoms with Crippen molar-refractivity contribution in [2.24, 2.45) is 0 Å². The third-order valence-electron chi connectivity index (χ3n) is 1.86. The molecule has 0 fully saturated rings. The van der Waals surface area contributed by atoms with Gasteiger partial charge in [0.1, 0.15) is 0 Å². The number of rotatable bonds is 4. The Bertz CT molecular complexity index is 305. The molecule has 1 aromatic carbocycles. The molecule has 0 bridgehead atoms. The van der Waals surface area contributed by atoms with Gasteiger partial charge in [-0.15, -0.1) is 11.8 Å². The van der Waals surface area contributed by atoms with Crippen LogP contribution in [0.15, 0.2) is 35.2 Å². The number of benzene rings is 1. The Balaban J connectivity index is 2.61. The highest BCUT2D eigenvalue weighted by Crippen LogP contribution is 2.26. The molecule has 74 valence electrons. The zero-order valence-electron chi connectivity index (χ0n) is 8.05. The molecule has 0 radical (unpaired) electrons. The van der Waals surface area contributed by atoms with Crippen molar-refractivity contribution in [2.75, 3.05) is 0 Å². The fraction of sp³-hybridized carbons (Fsp3) is 0.364. The second kappa shape index (κ2) is 5.69. The zero-order chi connectivity index (χ0) is 10.4. The number of aliphatic hydroxyl groups excluding tert-OH is 1. The highest BCUT2D eigenvalue weighted by Gasteiger charge is 2.15. The number of hydrogen-bond acceptors (Lipinski definition) is 3. The van der Waals surface area contributed by atoms with Crippen LogP contribution < -0.4 is 0 Å². The minimum Gasteiger partial charge on any atom is -0.392 e. The molecule has 1 rings (SSSR count). The van der Waals surface area contributed by atoms with Crippen LogP contribution in [0.4, 0.5) is 0 Å². The van der Waals surface area contributed by atoms with Crippen molar-refractivity contribution in [1.82, 2.24) is 0 Å². The van der Waals surface area contributed by atoms with Gasteiger partial charge in [0.15, 0.2) is 0 Å². The molecule has 0 amide bonds. The van der Waals surface area contributed by atoms with Gasteiger partial charge in [-0.1, -0.05) is 18.2 Å². The molecule has 0 saturated heterocycles. The van der Waals surface area contributed by atoms with Gasteiger partial charge in [-0.3, -0.25) is 0 Å². The maximum Gasteiger partial charge on any atom is 0.0644 e. The Kier molecular flexibility index (Phi) is 4.51. The maximum atomic E-state index is 9.43. The largest absolute Gasteiger partial charge is 0.392 e. The van der Waals surface area contributed by atoms with Gasteiger partial charge in [-0.2, -0.15) is 5.26 Å². The van der Waals surface area contributed by atoms with E-state index < -0.39 is 6.10 Å². The third kappa shape index (κ3) is 3.41. The van der Waals surface area contributed by atoms with Crippen LogP contribution in [0.3, 0.4) is 0 Å². The second-order valence-electron chi connectivity index (χ2n) is 3.07. The van der Waals surface area contributed by atoms with E-state index in [4.69, 9.17) is 5.26 Å². The fourth-order valence-corrected chi connectivity index (χ4v) is 2.09. The number of aliphatic hydroxyl groups is 1.